The third kappa shape index (κ3) is 2.10. The fraction of sp³-hybridized carbons (Fsp3) is 0.385. The predicted molar refractivity (Wildman–Crippen MR) is 66.4 cm³/mol. The zero-order valence-electron chi connectivity index (χ0n) is 9.85. The molecule has 1 N–H and O–H groups in total. The van der Waals surface area contributed by atoms with Crippen LogP contribution in [0.3, 0.4) is 0 Å². The highest BCUT2D eigenvalue weighted by atomic mass is 16.3. The largest absolute Gasteiger partial charge is 0.392 e. The van der Waals surface area contributed by atoms with Crippen LogP contribution in [0.25, 0.3) is 10.9 Å². The molecule has 0 aliphatic rings. The molecule has 1 aromatic carbocycles. The lowest BCUT2D eigenvalue weighted by molar-refractivity contribution is 0.283. The van der Waals surface area contributed by atoms with Crippen LogP contribution in [-0.2, 0) is 13.2 Å². The Labute approximate surface area is 95.9 Å². The quantitative estimate of drug-likeness (QED) is 0.846. The Hall–Kier alpha value is -1.32. The van der Waals surface area contributed by atoms with Gasteiger partial charge in [0.25, 0.3) is 0 Å². The van der Waals surface area contributed by atoms with E-state index >= 15 is 0 Å². The molecule has 2 rings (SSSR count). The van der Waals surface area contributed by atoms with E-state index in [4.69, 9.17) is 0 Å². The number of aliphatic hydroxyl groups is 1. The molecular formula is C13H18N2O. The summed E-state index contributed by atoms with van der Waals surface area (Å²) < 4.78 is 2.21. The Bertz CT molecular complexity index is 474. The van der Waals surface area contributed by atoms with Gasteiger partial charge in [-0.05, 0) is 20.2 Å². The van der Waals surface area contributed by atoms with E-state index in [1.54, 1.807) is 0 Å². The van der Waals surface area contributed by atoms with E-state index in [1.807, 2.05) is 18.3 Å². The highest BCUT2D eigenvalue weighted by Gasteiger charge is 2.06. The van der Waals surface area contributed by atoms with E-state index in [-0.39, 0.29) is 6.61 Å². The van der Waals surface area contributed by atoms with E-state index in [0.29, 0.717) is 0 Å². The first kappa shape index (κ1) is 11.2. The summed E-state index contributed by atoms with van der Waals surface area (Å²) in [5.41, 5.74) is 2.21. The summed E-state index contributed by atoms with van der Waals surface area (Å²) in [6, 6.07) is 8.21. The molecule has 0 amide bonds. The van der Waals surface area contributed by atoms with Crippen molar-refractivity contribution < 1.29 is 5.11 Å². The number of hydrogen-bond donors (Lipinski definition) is 1. The Kier molecular flexibility index (Phi) is 3.27. The van der Waals surface area contributed by atoms with Gasteiger partial charge in [-0.2, -0.15) is 0 Å². The van der Waals surface area contributed by atoms with E-state index in [1.165, 1.54) is 5.52 Å². The number of aliphatic hydroxyl groups excluding tert-OH is 1. The van der Waals surface area contributed by atoms with Crippen molar-refractivity contribution in [2.45, 2.75) is 13.2 Å². The second kappa shape index (κ2) is 4.68. The van der Waals surface area contributed by atoms with E-state index in [9.17, 15) is 5.11 Å². The molecule has 86 valence electrons. The smallest absolute Gasteiger partial charge is 0.0702 e. The van der Waals surface area contributed by atoms with Gasteiger partial charge in [-0.1, -0.05) is 18.2 Å². The van der Waals surface area contributed by atoms with Crippen LogP contribution < -0.4 is 0 Å². The van der Waals surface area contributed by atoms with E-state index in [0.717, 1.165) is 24.0 Å². The molecule has 0 atom stereocenters. The molecule has 0 unspecified atom stereocenters. The molecule has 3 nitrogen and oxygen atoms in total. The van der Waals surface area contributed by atoms with Gasteiger partial charge in [0.1, 0.15) is 0 Å². The van der Waals surface area contributed by atoms with Crippen molar-refractivity contribution in [1.82, 2.24) is 9.47 Å². The Morgan fingerprint density at radius 2 is 2.00 bits per heavy atom. The molecule has 0 aliphatic carbocycles. The summed E-state index contributed by atoms with van der Waals surface area (Å²) in [5.74, 6) is 0. The van der Waals surface area contributed by atoms with Crippen LogP contribution in [0.1, 0.15) is 5.56 Å². The maximum absolute atomic E-state index is 9.30. The maximum atomic E-state index is 9.30. The lowest BCUT2D eigenvalue weighted by Crippen LogP contribution is -2.17. The minimum atomic E-state index is 0.107. The summed E-state index contributed by atoms with van der Waals surface area (Å²) in [7, 11) is 4.14. The van der Waals surface area contributed by atoms with Crippen molar-refractivity contribution in [3.8, 4) is 0 Å². The number of rotatable bonds is 4. The van der Waals surface area contributed by atoms with Crippen molar-refractivity contribution >= 4 is 10.9 Å². The van der Waals surface area contributed by atoms with Crippen LogP contribution in [0, 0.1) is 0 Å². The molecule has 0 bridgehead atoms. The third-order valence-electron chi connectivity index (χ3n) is 2.83. The fourth-order valence-electron chi connectivity index (χ4n) is 1.94. The lowest BCUT2D eigenvalue weighted by Gasteiger charge is -2.10. The van der Waals surface area contributed by atoms with E-state index < -0.39 is 0 Å². The predicted octanol–water partition coefficient (Wildman–Crippen LogP) is 1.70. The number of para-hydroxylation sites is 1. The molecule has 0 spiro atoms. The van der Waals surface area contributed by atoms with Crippen LogP contribution in [0.5, 0.6) is 0 Å². The Morgan fingerprint density at radius 1 is 1.25 bits per heavy atom. The SMILES string of the molecule is CN(C)CCn1cc(CO)c2ccccc21. The van der Waals surface area contributed by atoms with Crippen LogP contribution in [-0.4, -0.2) is 35.2 Å². The van der Waals surface area contributed by atoms with Crippen LogP contribution in [0.15, 0.2) is 30.5 Å². The normalized spacial score (nSPS) is 11.5. The standard InChI is InChI=1S/C13H18N2O/c1-14(2)7-8-15-9-11(10-16)12-5-3-4-6-13(12)15/h3-6,9,16H,7-8,10H2,1-2H3. The summed E-state index contributed by atoms with van der Waals surface area (Å²) in [6.45, 7) is 2.06. The molecule has 3 heteroatoms. The molecule has 1 heterocycles. The number of benzene rings is 1. The average Bonchev–Trinajstić information content (AvgIpc) is 2.65. The Balaban J connectivity index is 2.37. The van der Waals surface area contributed by atoms with E-state index in [2.05, 4.69) is 35.7 Å². The van der Waals surface area contributed by atoms with Gasteiger partial charge in [-0.15, -0.1) is 0 Å². The van der Waals surface area contributed by atoms with Crippen LogP contribution >= 0.6 is 0 Å². The third-order valence-corrected chi connectivity index (χ3v) is 2.83. The lowest BCUT2D eigenvalue weighted by atomic mass is 10.2. The summed E-state index contributed by atoms with van der Waals surface area (Å²) in [4.78, 5) is 2.16. The first-order valence-electron chi connectivity index (χ1n) is 5.54. The van der Waals surface area contributed by atoms with Gasteiger partial charge in [0.2, 0.25) is 0 Å². The van der Waals surface area contributed by atoms with Crippen molar-refractivity contribution in [3.05, 3.63) is 36.0 Å². The van der Waals surface area contributed by atoms with Crippen molar-refractivity contribution in [3.63, 3.8) is 0 Å². The molecule has 0 aliphatic heterocycles. The van der Waals surface area contributed by atoms with Crippen molar-refractivity contribution in [1.29, 1.82) is 0 Å². The Morgan fingerprint density at radius 3 is 2.69 bits per heavy atom. The van der Waals surface area contributed by atoms with Crippen LogP contribution in [0.2, 0.25) is 0 Å². The average molecular weight is 218 g/mol. The topological polar surface area (TPSA) is 28.4 Å². The number of nitrogens with zero attached hydrogens (tertiary/aromatic N) is 2. The van der Waals surface area contributed by atoms with Gasteiger partial charge in [-0.3, -0.25) is 0 Å². The van der Waals surface area contributed by atoms with Crippen LogP contribution in [0.4, 0.5) is 0 Å². The second-order valence-corrected chi connectivity index (χ2v) is 4.33. The summed E-state index contributed by atoms with van der Waals surface area (Å²) in [6.07, 6.45) is 2.05. The molecule has 2 aromatic rings. The minimum Gasteiger partial charge on any atom is -0.392 e. The maximum Gasteiger partial charge on any atom is 0.0702 e. The zero-order chi connectivity index (χ0) is 11.5. The molecule has 0 saturated carbocycles. The number of hydrogen-bond acceptors (Lipinski definition) is 2. The summed E-state index contributed by atoms with van der Waals surface area (Å²) in [5, 5.41) is 10.5. The van der Waals surface area contributed by atoms with Crippen molar-refractivity contribution in [2.75, 3.05) is 20.6 Å². The van der Waals surface area contributed by atoms with Gasteiger partial charge < -0.3 is 14.6 Å². The number of fused-ring (bicyclic) bond motifs is 1. The van der Waals surface area contributed by atoms with Gasteiger partial charge in [0, 0.05) is 35.8 Å². The molecule has 0 fully saturated rings. The second-order valence-electron chi connectivity index (χ2n) is 4.33. The number of likely N-dealkylation sites (N-methyl/N-ethyl adjacent to an activating group) is 1. The molecule has 0 saturated heterocycles. The first-order valence-corrected chi connectivity index (χ1v) is 5.54. The highest BCUT2D eigenvalue weighted by molar-refractivity contribution is 5.83. The monoisotopic (exact) mass is 218 g/mol. The molecule has 1 aromatic heterocycles. The zero-order valence-corrected chi connectivity index (χ0v) is 9.85. The van der Waals surface area contributed by atoms with Gasteiger partial charge in [0.15, 0.2) is 0 Å². The van der Waals surface area contributed by atoms with Crippen molar-refractivity contribution in [2.24, 2.45) is 0 Å². The first-order chi connectivity index (χ1) is 7.72. The molecule has 16 heavy (non-hydrogen) atoms. The molecular weight excluding hydrogens is 200 g/mol. The van der Waals surface area contributed by atoms with Gasteiger partial charge in [0.05, 0.1) is 6.61 Å². The minimum absolute atomic E-state index is 0.107. The molecule has 0 radical (unpaired) electrons. The summed E-state index contributed by atoms with van der Waals surface area (Å²) >= 11 is 0. The van der Waals surface area contributed by atoms with Gasteiger partial charge in [-0.25, -0.2) is 0 Å². The fourth-order valence-corrected chi connectivity index (χ4v) is 1.94. The number of aromatic nitrogens is 1. The highest BCUT2D eigenvalue weighted by Crippen LogP contribution is 2.21. The van der Waals surface area contributed by atoms with Gasteiger partial charge >= 0.3 is 0 Å².